The van der Waals surface area contributed by atoms with E-state index >= 15 is 0 Å². The van der Waals surface area contributed by atoms with Crippen LogP contribution in [0.15, 0.2) is 18.2 Å². The van der Waals surface area contributed by atoms with E-state index in [0.717, 1.165) is 6.54 Å². The predicted molar refractivity (Wildman–Crippen MR) is 68.1 cm³/mol. The van der Waals surface area contributed by atoms with Gasteiger partial charge in [-0.25, -0.2) is 0 Å². The minimum Gasteiger partial charge on any atom is -0.497 e. The van der Waals surface area contributed by atoms with E-state index in [1.54, 1.807) is 25.3 Å². The molecule has 1 rings (SSSR count). The lowest BCUT2D eigenvalue weighted by Gasteiger charge is -2.12. The molecule has 5 nitrogen and oxygen atoms in total. The molecule has 0 spiro atoms. The van der Waals surface area contributed by atoms with E-state index in [1.165, 1.54) is 0 Å². The van der Waals surface area contributed by atoms with Crippen LogP contribution in [0.3, 0.4) is 0 Å². The molecule has 17 heavy (non-hydrogen) atoms. The third kappa shape index (κ3) is 4.32. The first-order valence-corrected chi connectivity index (χ1v) is 5.34. The highest BCUT2D eigenvalue weighted by molar-refractivity contribution is 5.95. The molecule has 5 heteroatoms. The van der Waals surface area contributed by atoms with Crippen LogP contribution < -0.4 is 15.2 Å². The predicted octanol–water partition coefficient (Wildman–Crippen LogP) is 0.920. The average molecular weight is 237 g/mol. The summed E-state index contributed by atoms with van der Waals surface area (Å²) in [5.41, 5.74) is 6.05. The molecule has 0 radical (unpaired) electrons. The lowest BCUT2D eigenvalue weighted by molar-refractivity contribution is 0.260. The van der Waals surface area contributed by atoms with Crippen LogP contribution in [-0.4, -0.2) is 45.1 Å². The van der Waals surface area contributed by atoms with E-state index in [4.69, 9.17) is 20.6 Å². The van der Waals surface area contributed by atoms with Gasteiger partial charge in [-0.2, -0.15) is 0 Å². The molecule has 0 amide bonds. The van der Waals surface area contributed by atoms with Gasteiger partial charge >= 0.3 is 0 Å². The van der Waals surface area contributed by atoms with Gasteiger partial charge in [0, 0.05) is 18.2 Å². The van der Waals surface area contributed by atoms with E-state index < -0.39 is 0 Å². The molecule has 0 aliphatic heterocycles. The Kier molecular flexibility index (Phi) is 4.78. The molecule has 3 N–H and O–H groups in total. The molecule has 0 bridgehead atoms. The number of ether oxygens (including phenoxy) is 2. The normalized spacial score (nSPS) is 10.4. The second-order valence-electron chi connectivity index (χ2n) is 3.96. The fourth-order valence-corrected chi connectivity index (χ4v) is 1.27. The maximum absolute atomic E-state index is 7.41. The molecule has 1 aromatic carbocycles. The van der Waals surface area contributed by atoms with Gasteiger partial charge < -0.3 is 20.1 Å². The van der Waals surface area contributed by atoms with Crippen molar-refractivity contribution in [3.05, 3.63) is 23.8 Å². The fourth-order valence-electron chi connectivity index (χ4n) is 1.27. The van der Waals surface area contributed by atoms with Crippen molar-refractivity contribution in [2.24, 2.45) is 5.73 Å². The van der Waals surface area contributed by atoms with Crippen LogP contribution in [0.5, 0.6) is 11.5 Å². The first kappa shape index (κ1) is 13.3. The number of hydrogen-bond donors (Lipinski definition) is 2. The number of likely N-dealkylation sites (N-methyl/N-ethyl adjacent to an activating group) is 1. The molecule has 0 atom stereocenters. The Bertz CT molecular complexity index is 391. The number of methoxy groups -OCH3 is 1. The number of rotatable bonds is 6. The summed E-state index contributed by atoms with van der Waals surface area (Å²) in [6, 6.07) is 5.23. The fraction of sp³-hybridized carbons (Fsp3) is 0.417. The molecule has 1 aromatic rings. The number of nitrogens with two attached hydrogens (primary N) is 1. The van der Waals surface area contributed by atoms with Crippen molar-refractivity contribution >= 4 is 5.84 Å². The zero-order chi connectivity index (χ0) is 12.8. The SMILES string of the molecule is COc1cc(OCCN(C)C)cc(C(=N)N)c1. The molecular weight excluding hydrogens is 218 g/mol. The van der Waals surface area contributed by atoms with Crippen LogP contribution in [0.25, 0.3) is 0 Å². The molecule has 0 aliphatic rings. The highest BCUT2D eigenvalue weighted by Crippen LogP contribution is 2.22. The average Bonchev–Trinajstić information content (AvgIpc) is 2.28. The minimum atomic E-state index is 0.00126. The molecular formula is C12H19N3O2. The van der Waals surface area contributed by atoms with Gasteiger partial charge in [0.2, 0.25) is 0 Å². The van der Waals surface area contributed by atoms with Crippen LogP contribution in [-0.2, 0) is 0 Å². The summed E-state index contributed by atoms with van der Waals surface area (Å²) in [5.74, 6) is 1.30. The maximum atomic E-state index is 7.41. The summed E-state index contributed by atoms with van der Waals surface area (Å²) in [7, 11) is 5.54. The summed E-state index contributed by atoms with van der Waals surface area (Å²) in [4.78, 5) is 2.03. The summed E-state index contributed by atoms with van der Waals surface area (Å²) < 4.78 is 10.7. The van der Waals surface area contributed by atoms with E-state index in [0.29, 0.717) is 23.7 Å². The van der Waals surface area contributed by atoms with Crippen LogP contribution in [0, 0.1) is 5.41 Å². The topological polar surface area (TPSA) is 71.6 Å². The molecule has 0 heterocycles. The molecule has 0 saturated carbocycles. The standard InChI is InChI=1S/C12H19N3O2/c1-15(2)4-5-17-11-7-9(12(13)14)6-10(8-11)16-3/h6-8H,4-5H2,1-3H3,(H3,13,14). The molecule has 0 aliphatic carbocycles. The number of nitrogens with zero attached hydrogens (tertiary/aromatic N) is 1. The van der Waals surface area contributed by atoms with Crippen molar-refractivity contribution in [1.29, 1.82) is 5.41 Å². The van der Waals surface area contributed by atoms with Gasteiger partial charge in [-0.1, -0.05) is 0 Å². The molecule has 94 valence electrons. The highest BCUT2D eigenvalue weighted by atomic mass is 16.5. The number of benzene rings is 1. The second kappa shape index (κ2) is 6.10. The lowest BCUT2D eigenvalue weighted by atomic mass is 10.2. The zero-order valence-electron chi connectivity index (χ0n) is 10.5. The quantitative estimate of drug-likeness (QED) is 0.570. The Morgan fingerprint density at radius 2 is 1.94 bits per heavy atom. The third-order valence-corrected chi connectivity index (χ3v) is 2.23. The monoisotopic (exact) mass is 237 g/mol. The number of nitrogens with one attached hydrogen (secondary N) is 1. The Labute approximate surface area is 102 Å². The van der Waals surface area contributed by atoms with Crippen molar-refractivity contribution in [2.45, 2.75) is 0 Å². The van der Waals surface area contributed by atoms with Crippen molar-refractivity contribution in [3.8, 4) is 11.5 Å². The Morgan fingerprint density at radius 1 is 1.29 bits per heavy atom. The Morgan fingerprint density at radius 3 is 2.47 bits per heavy atom. The smallest absolute Gasteiger partial charge is 0.123 e. The first-order valence-electron chi connectivity index (χ1n) is 5.34. The lowest BCUT2D eigenvalue weighted by Crippen LogP contribution is -2.19. The van der Waals surface area contributed by atoms with Gasteiger partial charge in [-0.15, -0.1) is 0 Å². The first-order chi connectivity index (χ1) is 8.02. The van der Waals surface area contributed by atoms with Gasteiger partial charge in [-0.3, -0.25) is 5.41 Å². The molecule has 0 aromatic heterocycles. The largest absolute Gasteiger partial charge is 0.497 e. The van der Waals surface area contributed by atoms with E-state index in [2.05, 4.69) is 0 Å². The van der Waals surface area contributed by atoms with Crippen molar-refractivity contribution in [1.82, 2.24) is 4.90 Å². The van der Waals surface area contributed by atoms with Crippen LogP contribution in [0.1, 0.15) is 5.56 Å². The van der Waals surface area contributed by atoms with E-state index in [9.17, 15) is 0 Å². The van der Waals surface area contributed by atoms with Gasteiger partial charge in [-0.05, 0) is 26.2 Å². The summed E-state index contributed by atoms with van der Waals surface area (Å²) in [6.07, 6.45) is 0. The zero-order valence-corrected chi connectivity index (χ0v) is 10.5. The number of hydrogen-bond acceptors (Lipinski definition) is 4. The van der Waals surface area contributed by atoms with Crippen molar-refractivity contribution in [3.63, 3.8) is 0 Å². The number of nitrogen functional groups attached to an aromatic ring is 1. The third-order valence-electron chi connectivity index (χ3n) is 2.23. The summed E-state index contributed by atoms with van der Waals surface area (Å²) >= 11 is 0. The second-order valence-corrected chi connectivity index (χ2v) is 3.96. The van der Waals surface area contributed by atoms with Gasteiger partial charge in [0.15, 0.2) is 0 Å². The highest BCUT2D eigenvalue weighted by Gasteiger charge is 2.04. The molecule has 0 saturated heterocycles. The summed E-state index contributed by atoms with van der Waals surface area (Å²) in [6.45, 7) is 1.41. The summed E-state index contributed by atoms with van der Waals surface area (Å²) in [5, 5.41) is 7.41. The van der Waals surface area contributed by atoms with Crippen LogP contribution >= 0.6 is 0 Å². The van der Waals surface area contributed by atoms with Crippen LogP contribution in [0.4, 0.5) is 0 Å². The maximum Gasteiger partial charge on any atom is 0.123 e. The Hall–Kier alpha value is -1.75. The number of amidine groups is 1. The van der Waals surface area contributed by atoms with E-state index in [-0.39, 0.29) is 5.84 Å². The van der Waals surface area contributed by atoms with Gasteiger partial charge in [0.05, 0.1) is 7.11 Å². The minimum absolute atomic E-state index is 0.00126. The molecule has 0 unspecified atom stereocenters. The van der Waals surface area contributed by atoms with Crippen molar-refractivity contribution < 1.29 is 9.47 Å². The molecule has 0 fully saturated rings. The van der Waals surface area contributed by atoms with Gasteiger partial charge in [0.25, 0.3) is 0 Å². The Balaban J connectivity index is 2.76. The van der Waals surface area contributed by atoms with E-state index in [1.807, 2.05) is 19.0 Å². The van der Waals surface area contributed by atoms with Crippen molar-refractivity contribution in [2.75, 3.05) is 34.4 Å². The van der Waals surface area contributed by atoms with Crippen LogP contribution in [0.2, 0.25) is 0 Å². The van der Waals surface area contributed by atoms with Gasteiger partial charge in [0.1, 0.15) is 23.9 Å².